The second-order valence-corrected chi connectivity index (χ2v) is 8.79. The summed E-state index contributed by atoms with van der Waals surface area (Å²) in [6.07, 6.45) is 7.90. The molecule has 1 aliphatic carbocycles. The molecule has 4 N–H and O–H groups in total. The average Bonchev–Trinajstić information content (AvgIpc) is 2.73. The van der Waals surface area contributed by atoms with E-state index in [4.69, 9.17) is 5.73 Å². The number of hydrogen-bond donors (Lipinski definition) is 3. The van der Waals surface area contributed by atoms with E-state index in [1.807, 2.05) is 0 Å². The molecule has 1 unspecified atom stereocenters. The first-order valence-corrected chi connectivity index (χ1v) is 11.1. The number of aryl methyl sites for hydroxylation is 1. The molecule has 2 fully saturated rings. The Kier molecular flexibility index (Phi) is 7.53. The van der Waals surface area contributed by atoms with Gasteiger partial charge in [-0.15, -0.1) is 0 Å². The Balaban J connectivity index is 1.50. The molecule has 1 atom stereocenters. The van der Waals surface area contributed by atoms with Gasteiger partial charge in [-0.3, -0.25) is 9.59 Å². The van der Waals surface area contributed by atoms with E-state index in [1.54, 1.807) is 0 Å². The van der Waals surface area contributed by atoms with E-state index in [0.29, 0.717) is 6.54 Å². The van der Waals surface area contributed by atoms with E-state index in [-0.39, 0.29) is 17.7 Å². The summed E-state index contributed by atoms with van der Waals surface area (Å²) in [7, 11) is 0. The van der Waals surface area contributed by atoms with Gasteiger partial charge < -0.3 is 21.3 Å². The molecule has 2 amide bonds. The minimum atomic E-state index is -0.504. The molecule has 0 radical (unpaired) electrons. The number of anilines is 1. The van der Waals surface area contributed by atoms with Crippen LogP contribution in [0.4, 0.5) is 5.69 Å². The van der Waals surface area contributed by atoms with Gasteiger partial charge in [0.1, 0.15) is 5.54 Å². The summed E-state index contributed by atoms with van der Waals surface area (Å²) >= 11 is 0. The summed E-state index contributed by atoms with van der Waals surface area (Å²) in [5, 5.41) is 6.73. The predicted molar refractivity (Wildman–Crippen MR) is 117 cm³/mol. The fourth-order valence-electron chi connectivity index (χ4n) is 4.64. The summed E-state index contributed by atoms with van der Waals surface area (Å²) < 4.78 is 0. The fraction of sp³-hybridized carbons (Fsp3) is 0.652. The van der Waals surface area contributed by atoms with Crippen LogP contribution in [0.1, 0.15) is 56.9 Å². The summed E-state index contributed by atoms with van der Waals surface area (Å²) in [5.41, 5.74) is 7.19. The van der Waals surface area contributed by atoms with Crippen LogP contribution in [0, 0.1) is 12.8 Å². The largest absolute Gasteiger partial charge is 0.371 e. The number of benzene rings is 1. The van der Waals surface area contributed by atoms with Crippen molar-refractivity contribution >= 4 is 17.5 Å². The van der Waals surface area contributed by atoms with Crippen LogP contribution in [-0.4, -0.2) is 48.4 Å². The van der Waals surface area contributed by atoms with Gasteiger partial charge in [0, 0.05) is 18.8 Å². The number of piperidine rings is 1. The first kappa shape index (κ1) is 21.6. The molecule has 160 valence electrons. The van der Waals surface area contributed by atoms with Gasteiger partial charge >= 0.3 is 0 Å². The molecule has 1 heterocycles. The molecule has 1 saturated carbocycles. The molecule has 0 bridgehead atoms. The lowest BCUT2D eigenvalue weighted by molar-refractivity contribution is -0.126. The van der Waals surface area contributed by atoms with E-state index < -0.39 is 5.54 Å². The van der Waals surface area contributed by atoms with E-state index in [0.717, 1.165) is 70.3 Å². The maximum atomic E-state index is 13.1. The molecule has 29 heavy (non-hydrogen) atoms. The molecule has 1 aromatic rings. The standard InChI is InChI=1S/C23H36N4O2/c1-18-8-10-20(11-9-18)26-23(12-3-2-4-13-23)22(29)25-14-6-16-27-15-5-7-19(17-27)21(24)28/h8-11,19,26H,2-7,12-17H2,1H3,(H2,24,28)(H,25,29). The second kappa shape index (κ2) is 10.1. The number of nitrogens with zero attached hydrogens (tertiary/aromatic N) is 1. The number of amides is 2. The van der Waals surface area contributed by atoms with Crippen molar-refractivity contribution in [1.29, 1.82) is 0 Å². The SMILES string of the molecule is Cc1ccc(NC2(C(=O)NCCCN3CCCC(C(N)=O)C3)CCCCC2)cc1. The van der Waals surface area contributed by atoms with E-state index in [2.05, 4.69) is 46.7 Å². The van der Waals surface area contributed by atoms with Crippen molar-refractivity contribution < 1.29 is 9.59 Å². The van der Waals surface area contributed by atoms with Crippen molar-refractivity contribution in [2.75, 3.05) is 31.5 Å². The van der Waals surface area contributed by atoms with Crippen LogP contribution in [0.15, 0.2) is 24.3 Å². The zero-order chi connectivity index (χ0) is 20.7. The third kappa shape index (κ3) is 5.95. The van der Waals surface area contributed by atoms with Crippen molar-refractivity contribution in [3.63, 3.8) is 0 Å². The van der Waals surface area contributed by atoms with Gasteiger partial charge in [-0.25, -0.2) is 0 Å². The lowest BCUT2D eigenvalue weighted by atomic mass is 9.80. The highest BCUT2D eigenvalue weighted by Crippen LogP contribution is 2.32. The van der Waals surface area contributed by atoms with Crippen LogP contribution in [0.3, 0.4) is 0 Å². The number of rotatable bonds is 8. The molecule has 1 aromatic carbocycles. The Morgan fingerprint density at radius 2 is 1.86 bits per heavy atom. The van der Waals surface area contributed by atoms with Crippen LogP contribution >= 0.6 is 0 Å². The minimum absolute atomic E-state index is 0.0254. The Morgan fingerprint density at radius 1 is 1.14 bits per heavy atom. The number of carbonyl (C=O) groups is 2. The molecule has 6 heteroatoms. The Hall–Kier alpha value is -2.08. The molecule has 0 aromatic heterocycles. The number of primary amides is 1. The van der Waals surface area contributed by atoms with Crippen LogP contribution in [-0.2, 0) is 9.59 Å². The number of carbonyl (C=O) groups excluding carboxylic acids is 2. The lowest BCUT2D eigenvalue weighted by Crippen LogP contribution is -2.54. The first-order valence-electron chi connectivity index (χ1n) is 11.1. The van der Waals surface area contributed by atoms with Crippen molar-refractivity contribution in [3.05, 3.63) is 29.8 Å². The maximum Gasteiger partial charge on any atom is 0.245 e. The molecule has 1 aliphatic heterocycles. The third-order valence-corrected chi connectivity index (χ3v) is 6.42. The average molecular weight is 401 g/mol. The van der Waals surface area contributed by atoms with Crippen LogP contribution < -0.4 is 16.4 Å². The number of likely N-dealkylation sites (tertiary alicyclic amines) is 1. The highest BCUT2D eigenvalue weighted by molar-refractivity contribution is 5.89. The van der Waals surface area contributed by atoms with Gasteiger partial charge in [-0.05, 0) is 64.3 Å². The molecular weight excluding hydrogens is 364 g/mol. The normalized spacial score (nSPS) is 22.0. The first-order chi connectivity index (χ1) is 14.0. The van der Waals surface area contributed by atoms with E-state index in [1.165, 1.54) is 12.0 Å². The van der Waals surface area contributed by atoms with Gasteiger partial charge in [0.05, 0.1) is 5.92 Å². The monoisotopic (exact) mass is 400 g/mol. The molecular formula is C23H36N4O2. The number of nitrogens with one attached hydrogen (secondary N) is 2. The summed E-state index contributed by atoms with van der Waals surface area (Å²) in [5.74, 6) is -0.0987. The summed E-state index contributed by atoms with van der Waals surface area (Å²) in [6.45, 7) is 5.38. The van der Waals surface area contributed by atoms with Crippen LogP contribution in [0.5, 0.6) is 0 Å². The number of nitrogens with two attached hydrogens (primary N) is 1. The molecule has 3 rings (SSSR count). The highest BCUT2D eigenvalue weighted by Gasteiger charge is 2.39. The quantitative estimate of drug-likeness (QED) is 0.586. The third-order valence-electron chi connectivity index (χ3n) is 6.42. The zero-order valence-corrected chi connectivity index (χ0v) is 17.7. The second-order valence-electron chi connectivity index (χ2n) is 8.79. The van der Waals surface area contributed by atoms with Crippen LogP contribution in [0.2, 0.25) is 0 Å². The minimum Gasteiger partial charge on any atom is -0.371 e. The summed E-state index contributed by atoms with van der Waals surface area (Å²) in [6, 6.07) is 8.28. The predicted octanol–water partition coefficient (Wildman–Crippen LogP) is 2.81. The van der Waals surface area contributed by atoms with Gasteiger partial charge in [-0.2, -0.15) is 0 Å². The van der Waals surface area contributed by atoms with Gasteiger partial charge in [0.2, 0.25) is 11.8 Å². The Bertz CT molecular complexity index is 683. The zero-order valence-electron chi connectivity index (χ0n) is 17.7. The summed E-state index contributed by atoms with van der Waals surface area (Å²) in [4.78, 5) is 26.9. The molecule has 2 aliphatic rings. The lowest BCUT2D eigenvalue weighted by Gasteiger charge is -2.37. The van der Waals surface area contributed by atoms with Crippen LogP contribution in [0.25, 0.3) is 0 Å². The van der Waals surface area contributed by atoms with E-state index in [9.17, 15) is 9.59 Å². The van der Waals surface area contributed by atoms with E-state index >= 15 is 0 Å². The van der Waals surface area contributed by atoms with Gasteiger partial charge in [0.15, 0.2) is 0 Å². The molecule has 6 nitrogen and oxygen atoms in total. The van der Waals surface area contributed by atoms with Gasteiger partial charge in [-0.1, -0.05) is 37.0 Å². The van der Waals surface area contributed by atoms with Crippen molar-refractivity contribution in [2.45, 2.75) is 63.8 Å². The Morgan fingerprint density at radius 3 is 2.55 bits per heavy atom. The smallest absolute Gasteiger partial charge is 0.245 e. The highest BCUT2D eigenvalue weighted by atomic mass is 16.2. The van der Waals surface area contributed by atoms with Crippen molar-refractivity contribution in [2.24, 2.45) is 11.7 Å². The fourth-order valence-corrected chi connectivity index (χ4v) is 4.64. The van der Waals surface area contributed by atoms with Gasteiger partial charge in [0.25, 0.3) is 0 Å². The molecule has 0 spiro atoms. The Labute approximate surface area is 174 Å². The molecule has 1 saturated heterocycles. The number of hydrogen-bond acceptors (Lipinski definition) is 4. The van der Waals surface area contributed by atoms with Crippen molar-refractivity contribution in [3.8, 4) is 0 Å². The maximum absolute atomic E-state index is 13.1. The topological polar surface area (TPSA) is 87.5 Å². The van der Waals surface area contributed by atoms with Crippen molar-refractivity contribution in [1.82, 2.24) is 10.2 Å².